The lowest BCUT2D eigenvalue weighted by atomic mass is 10.1. The van der Waals surface area contributed by atoms with Gasteiger partial charge in [-0.3, -0.25) is 4.79 Å². The van der Waals surface area contributed by atoms with E-state index in [1.54, 1.807) is 0 Å². The first-order chi connectivity index (χ1) is 7.66. The van der Waals surface area contributed by atoms with Crippen molar-refractivity contribution in [1.82, 2.24) is 9.97 Å². The van der Waals surface area contributed by atoms with Crippen LogP contribution in [0.3, 0.4) is 0 Å². The molecule has 16 heavy (non-hydrogen) atoms. The van der Waals surface area contributed by atoms with Crippen LogP contribution < -0.4 is 5.56 Å². The molecule has 2 rings (SSSR count). The molecule has 1 N–H and O–H groups in total. The maximum Gasteiger partial charge on any atom is 0.286 e. The fourth-order valence-corrected chi connectivity index (χ4v) is 1.49. The summed E-state index contributed by atoms with van der Waals surface area (Å²) in [4.78, 5) is 17.3. The van der Waals surface area contributed by atoms with Crippen LogP contribution in [-0.4, -0.2) is 9.97 Å². The molecule has 4 heteroatoms. The number of H-pyrrole nitrogens is 1. The molecule has 0 aliphatic carbocycles. The van der Waals surface area contributed by atoms with Crippen LogP contribution in [0.1, 0.15) is 17.0 Å². The number of benzene rings is 1. The first-order valence-electron chi connectivity index (χ1n) is 4.95. The number of aromatic nitrogens is 2. The van der Waals surface area contributed by atoms with E-state index in [9.17, 15) is 9.18 Å². The molecular weight excluding hydrogens is 207 g/mol. The third kappa shape index (κ3) is 2.16. The number of nitrogens with zero attached hydrogens (tertiary/aromatic N) is 1. The monoisotopic (exact) mass is 218 g/mol. The van der Waals surface area contributed by atoms with Crippen molar-refractivity contribution in [3.8, 4) is 0 Å². The Morgan fingerprint density at radius 2 is 2.12 bits per heavy atom. The second-order valence-corrected chi connectivity index (χ2v) is 3.61. The second kappa shape index (κ2) is 4.26. The van der Waals surface area contributed by atoms with Gasteiger partial charge in [0.15, 0.2) is 0 Å². The van der Waals surface area contributed by atoms with E-state index in [4.69, 9.17) is 0 Å². The first-order valence-corrected chi connectivity index (χ1v) is 4.95. The predicted molar refractivity (Wildman–Crippen MR) is 58.8 cm³/mol. The zero-order valence-electron chi connectivity index (χ0n) is 8.83. The fourth-order valence-electron chi connectivity index (χ4n) is 1.49. The molecule has 0 saturated heterocycles. The summed E-state index contributed by atoms with van der Waals surface area (Å²) in [5, 5.41) is 0. The third-order valence-electron chi connectivity index (χ3n) is 2.43. The molecule has 0 saturated carbocycles. The summed E-state index contributed by atoms with van der Waals surface area (Å²) in [6, 6.07) is 7.80. The number of nitrogens with one attached hydrogen (secondary N) is 1. The first kappa shape index (κ1) is 10.5. The standard InChI is InChI=1S/C12H11FN2O/c1-8-4-2-3-5-9(8)6-11-14-7-10(13)12(16)15-11/h2-5,7H,6H2,1H3,(H,14,15,16). The molecule has 0 radical (unpaired) electrons. The van der Waals surface area contributed by atoms with Crippen LogP contribution in [0.5, 0.6) is 0 Å². The summed E-state index contributed by atoms with van der Waals surface area (Å²) in [5.74, 6) is -0.380. The largest absolute Gasteiger partial charge is 0.308 e. The number of halogens is 1. The Kier molecular flexibility index (Phi) is 2.81. The molecule has 1 heterocycles. The van der Waals surface area contributed by atoms with Gasteiger partial charge >= 0.3 is 0 Å². The fraction of sp³-hybridized carbons (Fsp3) is 0.167. The van der Waals surface area contributed by atoms with Gasteiger partial charge in [0.05, 0.1) is 6.20 Å². The smallest absolute Gasteiger partial charge is 0.286 e. The number of rotatable bonds is 2. The Labute approximate surface area is 92.0 Å². The quantitative estimate of drug-likeness (QED) is 0.835. The summed E-state index contributed by atoms with van der Waals surface area (Å²) < 4.78 is 12.7. The molecule has 2 aromatic rings. The number of hydrogen-bond acceptors (Lipinski definition) is 2. The van der Waals surface area contributed by atoms with E-state index in [0.717, 1.165) is 17.3 Å². The molecule has 1 aromatic carbocycles. The molecule has 0 aliphatic rings. The van der Waals surface area contributed by atoms with Crippen molar-refractivity contribution in [3.05, 3.63) is 63.6 Å². The van der Waals surface area contributed by atoms with Crippen LogP contribution in [0.15, 0.2) is 35.3 Å². The molecule has 1 aromatic heterocycles. The van der Waals surface area contributed by atoms with E-state index in [1.165, 1.54) is 0 Å². The van der Waals surface area contributed by atoms with Gasteiger partial charge in [0.25, 0.3) is 5.56 Å². The molecule has 0 spiro atoms. The summed E-state index contributed by atoms with van der Waals surface area (Å²) in [6.45, 7) is 1.98. The van der Waals surface area contributed by atoms with Gasteiger partial charge < -0.3 is 4.98 Å². The highest BCUT2D eigenvalue weighted by Gasteiger charge is 2.03. The van der Waals surface area contributed by atoms with Crippen LogP contribution in [-0.2, 0) is 6.42 Å². The predicted octanol–water partition coefficient (Wildman–Crippen LogP) is 1.81. The Bertz CT molecular complexity index is 563. The lowest BCUT2D eigenvalue weighted by Gasteiger charge is -2.04. The van der Waals surface area contributed by atoms with Gasteiger partial charge in [0.1, 0.15) is 5.82 Å². The summed E-state index contributed by atoms with van der Waals surface area (Å²) in [5.41, 5.74) is 1.46. The number of aromatic amines is 1. The van der Waals surface area contributed by atoms with Crippen molar-refractivity contribution in [1.29, 1.82) is 0 Å². The second-order valence-electron chi connectivity index (χ2n) is 3.61. The molecule has 3 nitrogen and oxygen atoms in total. The van der Waals surface area contributed by atoms with Crippen molar-refractivity contribution >= 4 is 0 Å². The average molecular weight is 218 g/mol. The highest BCUT2D eigenvalue weighted by molar-refractivity contribution is 5.28. The van der Waals surface area contributed by atoms with E-state index >= 15 is 0 Å². The number of aryl methyl sites for hydroxylation is 1. The van der Waals surface area contributed by atoms with Crippen LogP contribution in [0, 0.1) is 12.7 Å². The van der Waals surface area contributed by atoms with Gasteiger partial charge in [0.2, 0.25) is 5.82 Å². The van der Waals surface area contributed by atoms with Gasteiger partial charge in [0, 0.05) is 6.42 Å². The Morgan fingerprint density at radius 1 is 1.38 bits per heavy atom. The lowest BCUT2D eigenvalue weighted by molar-refractivity contribution is 0.595. The lowest BCUT2D eigenvalue weighted by Crippen LogP contribution is -2.14. The molecule has 0 bridgehead atoms. The molecule has 0 unspecified atom stereocenters. The van der Waals surface area contributed by atoms with Gasteiger partial charge in [-0.2, -0.15) is 4.39 Å². The van der Waals surface area contributed by atoms with Crippen LogP contribution in [0.4, 0.5) is 4.39 Å². The van der Waals surface area contributed by atoms with E-state index in [0.29, 0.717) is 12.2 Å². The van der Waals surface area contributed by atoms with Crippen molar-refractivity contribution in [2.75, 3.05) is 0 Å². The molecule has 0 fully saturated rings. The van der Waals surface area contributed by atoms with Crippen molar-refractivity contribution in [2.24, 2.45) is 0 Å². The van der Waals surface area contributed by atoms with Crippen molar-refractivity contribution < 1.29 is 4.39 Å². The topological polar surface area (TPSA) is 45.8 Å². The van der Waals surface area contributed by atoms with Crippen LogP contribution >= 0.6 is 0 Å². The van der Waals surface area contributed by atoms with E-state index in [1.807, 2.05) is 31.2 Å². The molecule has 82 valence electrons. The van der Waals surface area contributed by atoms with Crippen molar-refractivity contribution in [2.45, 2.75) is 13.3 Å². The van der Waals surface area contributed by atoms with E-state index in [-0.39, 0.29) is 0 Å². The van der Waals surface area contributed by atoms with E-state index < -0.39 is 11.4 Å². The Morgan fingerprint density at radius 3 is 2.81 bits per heavy atom. The maximum absolute atomic E-state index is 12.7. The van der Waals surface area contributed by atoms with E-state index in [2.05, 4.69) is 9.97 Å². The zero-order chi connectivity index (χ0) is 11.5. The maximum atomic E-state index is 12.7. The summed E-state index contributed by atoms with van der Waals surface area (Å²) in [7, 11) is 0. The highest BCUT2D eigenvalue weighted by atomic mass is 19.1. The Hall–Kier alpha value is -1.97. The normalized spacial score (nSPS) is 10.4. The minimum atomic E-state index is -0.853. The molecule has 0 aliphatic heterocycles. The van der Waals surface area contributed by atoms with Crippen molar-refractivity contribution in [3.63, 3.8) is 0 Å². The zero-order valence-corrected chi connectivity index (χ0v) is 8.83. The number of hydrogen-bond donors (Lipinski definition) is 1. The van der Waals surface area contributed by atoms with Gasteiger partial charge in [-0.05, 0) is 18.1 Å². The summed E-state index contributed by atoms with van der Waals surface area (Å²) >= 11 is 0. The van der Waals surface area contributed by atoms with Gasteiger partial charge in [-0.25, -0.2) is 4.98 Å². The molecule has 0 atom stereocenters. The minimum Gasteiger partial charge on any atom is -0.308 e. The van der Waals surface area contributed by atoms with Gasteiger partial charge in [-0.15, -0.1) is 0 Å². The average Bonchev–Trinajstić information content (AvgIpc) is 2.27. The minimum absolute atomic E-state index is 0.473. The molecular formula is C12H11FN2O. The van der Waals surface area contributed by atoms with Crippen LogP contribution in [0.2, 0.25) is 0 Å². The molecule has 0 amide bonds. The Balaban J connectivity index is 2.31. The third-order valence-corrected chi connectivity index (χ3v) is 2.43. The summed E-state index contributed by atoms with van der Waals surface area (Å²) in [6.07, 6.45) is 1.45. The SMILES string of the molecule is Cc1ccccc1Cc1ncc(F)c(=O)[nH]1. The highest BCUT2D eigenvalue weighted by Crippen LogP contribution is 2.09. The van der Waals surface area contributed by atoms with Gasteiger partial charge in [-0.1, -0.05) is 24.3 Å². The van der Waals surface area contributed by atoms with Crippen LogP contribution in [0.25, 0.3) is 0 Å².